The highest BCUT2D eigenvalue weighted by Gasteiger charge is 2.41. The fourth-order valence-corrected chi connectivity index (χ4v) is 2.09. The van der Waals surface area contributed by atoms with Crippen molar-refractivity contribution in [2.24, 2.45) is 5.92 Å². The van der Waals surface area contributed by atoms with Crippen LogP contribution in [0.15, 0.2) is 11.6 Å². The van der Waals surface area contributed by atoms with Gasteiger partial charge in [-0.3, -0.25) is 4.79 Å². The summed E-state index contributed by atoms with van der Waals surface area (Å²) in [5, 5.41) is 0. The van der Waals surface area contributed by atoms with Crippen molar-refractivity contribution in [1.29, 1.82) is 0 Å². The molecule has 0 spiro atoms. The Kier molecular flexibility index (Phi) is 1.57. The molecule has 0 bridgehead atoms. The third-order valence-electron chi connectivity index (χ3n) is 2.63. The Hall–Kier alpha value is -0.630. The molecule has 0 N–H and O–H groups in total. The van der Waals surface area contributed by atoms with E-state index in [9.17, 15) is 4.79 Å². The summed E-state index contributed by atoms with van der Waals surface area (Å²) in [5.41, 5.74) is 1.01. The van der Waals surface area contributed by atoms with Crippen molar-refractivity contribution in [2.75, 3.05) is 6.61 Å². The maximum atomic E-state index is 11.3. The lowest BCUT2D eigenvalue weighted by atomic mass is 9.99. The summed E-state index contributed by atoms with van der Waals surface area (Å²) >= 11 is 0. The molecule has 60 valence electrons. The summed E-state index contributed by atoms with van der Waals surface area (Å²) in [6.45, 7) is 2.77. The number of allylic oxidation sites excluding steroid dienone is 1. The summed E-state index contributed by atoms with van der Waals surface area (Å²) in [6, 6.07) is 0. The van der Waals surface area contributed by atoms with Crippen molar-refractivity contribution >= 4 is 5.78 Å². The maximum Gasteiger partial charge on any atom is 0.161 e. The van der Waals surface area contributed by atoms with Gasteiger partial charge in [0.05, 0.1) is 6.10 Å². The molecule has 2 rings (SSSR count). The van der Waals surface area contributed by atoms with E-state index >= 15 is 0 Å². The Labute approximate surface area is 66.2 Å². The first-order chi connectivity index (χ1) is 5.33. The van der Waals surface area contributed by atoms with E-state index in [0.29, 0.717) is 18.1 Å². The average molecular weight is 152 g/mol. The minimum Gasteiger partial charge on any atom is -0.377 e. The predicted molar refractivity (Wildman–Crippen MR) is 41.2 cm³/mol. The average Bonchev–Trinajstić information content (AvgIpc) is 2.46. The van der Waals surface area contributed by atoms with Crippen LogP contribution < -0.4 is 0 Å². The van der Waals surface area contributed by atoms with Gasteiger partial charge in [0.2, 0.25) is 0 Å². The van der Waals surface area contributed by atoms with E-state index in [4.69, 9.17) is 4.74 Å². The molecule has 2 aliphatic rings. The summed E-state index contributed by atoms with van der Waals surface area (Å²) in [7, 11) is 0. The zero-order valence-corrected chi connectivity index (χ0v) is 6.67. The van der Waals surface area contributed by atoms with Gasteiger partial charge in [-0.05, 0) is 18.9 Å². The van der Waals surface area contributed by atoms with Gasteiger partial charge in [0, 0.05) is 18.9 Å². The second-order valence-electron chi connectivity index (χ2n) is 3.18. The molecule has 11 heavy (non-hydrogen) atoms. The summed E-state index contributed by atoms with van der Waals surface area (Å²) in [4.78, 5) is 11.3. The standard InChI is InChI=1S/C9H12O2/c1-2-6-7-3-4-11-9(7)5-8(6)10/h2,7,9H,3-5H2,1H3/b6-2-. The quantitative estimate of drug-likeness (QED) is 0.489. The number of hydrogen-bond acceptors (Lipinski definition) is 2. The fraction of sp³-hybridized carbons (Fsp3) is 0.667. The molecule has 1 aliphatic heterocycles. The number of carbonyl (C=O) groups is 1. The second-order valence-corrected chi connectivity index (χ2v) is 3.18. The van der Waals surface area contributed by atoms with Crippen LogP contribution in [0.3, 0.4) is 0 Å². The van der Waals surface area contributed by atoms with Crippen LogP contribution in [0.25, 0.3) is 0 Å². The molecule has 1 saturated carbocycles. The first-order valence-electron chi connectivity index (χ1n) is 4.14. The SMILES string of the molecule is C/C=C1\C(=O)CC2OCCC12. The number of hydrogen-bond donors (Lipinski definition) is 0. The van der Waals surface area contributed by atoms with Crippen molar-refractivity contribution in [3.05, 3.63) is 11.6 Å². The number of rotatable bonds is 0. The van der Waals surface area contributed by atoms with Gasteiger partial charge in [-0.2, -0.15) is 0 Å². The van der Waals surface area contributed by atoms with Crippen LogP contribution >= 0.6 is 0 Å². The van der Waals surface area contributed by atoms with E-state index in [1.165, 1.54) is 0 Å². The van der Waals surface area contributed by atoms with Crippen LogP contribution in [0.1, 0.15) is 19.8 Å². The molecular weight excluding hydrogens is 140 g/mol. The molecule has 0 aromatic rings. The molecule has 0 radical (unpaired) electrons. The lowest BCUT2D eigenvalue weighted by Gasteiger charge is -2.05. The van der Waals surface area contributed by atoms with Crippen LogP contribution in [0.4, 0.5) is 0 Å². The molecule has 1 aliphatic carbocycles. The van der Waals surface area contributed by atoms with Gasteiger partial charge in [-0.15, -0.1) is 0 Å². The minimum atomic E-state index is 0.216. The molecule has 2 atom stereocenters. The van der Waals surface area contributed by atoms with Crippen LogP contribution in [0.2, 0.25) is 0 Å². The molecule has 0 aromatic heterocycles. The fourth-order valence-electron chi connectivity index (χ4n) is 2.09. The van der Waals surface area contributed by atoms with E-state index < -0.39 is 0 Å². The highest BCUT2D eigenvalue weighted by molar-refractivity contribution is 5.98. The number of ether oxygens (including phenoxy) is 1. The molecule has 2 fully saturated rings. The summed E-state index contributed by atoms with van der Waals surface area (Å²) < 4.78 is 5.42. The Morgan fingerprint density at radius 3 is 3.18 bits per heavy atom. The zero-order chi connectivity index (χ0) is 7.84. The molecule has 2 heteroatoms. The minimum absolute atomic E-state index is 0.216. The monoisotopic (exact) mass is 152 g/mol. The molecule has 0 amide bonds. The Balaban J connectivity index is 2.27. The van der Waals surface area contributed by atoms with Crippen LogP contribution in [0.5, 0.6) is 0 Å². The number of ketones is 1. The highest BCUT2D eigenvalue weighted by atomic mass is 16.5. The molecule has 2 unspecified atom stereocenters. The van der Waals surface area contributed by atoms with E-state index in [1.54, 1.807) is 0 Å². The van der Waals surface area contributed by atoms with Gasteiger partial charge < -0.3 is 4.74 Å². The van der Waals surface area contributed by atoms with Crippen molar-refractivity contribution < 1.29 is 9.53 Å². The molecule has 2 nitrogen and oxygen atoms in total. The Morgan fingerprint density at radius 2 is 2.45 bits per heavy atom. The third-order valence-corrected chi connectivity index (χ3v) is 2.63. The number of fused-ring (bicyclic) bond motifs is 1. The van der Waals surface area contributed by atoms with Crippen molar-refractivity contribution in [3.63, 3.8) is 0 Å². The zero-order valence-electron chi connectivity index (χ0n) is 6.67. The van der Waals surface area contributed by atoms with Crippen LogP contribution in [-0.2, 0) is 9.53 Å². The largest absolute Gasteiger partial charge is 0.377 e. The van der Waals surface area contributed by atoms with E-state index in [1.807, 2.05) is 13.0 Å². The summed E-state index contributed by atoms with van der Waals surface area (Å²) in [6.07, 6.45) is 3.82. The van der Waals surface area contributed by atoms with Gasteiger partial charge >= 0.3 is 0 Å². The van der Waals surface area contributed by atoms with Crippen molar-refractivity contribution in [2.45, 2.75) is 25.9 Å². The van der Waals surface area contributed by atoms with Gasteiger partial charge in [-0.25, -0.2) is 0 Å². The Morgan fingerprint density at radius 1 is 1.64 bits per heavy atom. The van der Waals surface area contributed by atoms with E-state index in [-0.39, 0.29) is 6.10 Å². The topological polar surface area (TPSA) is 26.3 Å². The van der Waals surface area contributed by atoms with Crippen LogP contribution in [0, 0.1) is 5.92 Å². The van der Waals surface area contributed by atoms with Gasteiger partial charge in [0.1, 0.15) is 0 Å². The first kappa shape index (κ1) is 7.04. The lowest BCUT2D eigenvalue weighted by molar-refractivity contribution is -0.115. The maximum absolute atomic E-state index is 11.3. The molecule has 1 heterocycles. The highest BCUT2D eigenvalue weighted by Crippen LogP contribution is 2.37. The molecule has 1 saturated heterocycles. The van der Waals surface area contributed by atoms with Crippen molar-refractivity contribution in [3.8, 4) is 0 Å². The normalized spacial score (nSPS) is 40.1. The van der Waals surface area contributed by atoms with Crippen LogP contribution in [-0.4, -0.2) is 18.5 Å². The molecular formula is C9H12O2. The van der Waals surface area contributed by atoms with Gasteiger partial charge in [0.15, 0.2) is 5.78 Å². The lowest BCUT2D eigenvalue weighted by Crippen LogP contribution is -2.07. The molecule has 0 aromatic carbocycles. The summed E-state index contributed by atoms with van der Waals surface area (Å²) in [5.74, 6) is 0.717. The van der Waals surface area contributed by atoms with Crippen molar-refractivity contribution in [1.82, 2.24) is 0 Å². The van der Waals surface area contributed by atoms with E-state index in [0.717, 1.165) is 18.6 Å². The second kappa shape index (κ2) is 2.45. The number of carbonyl (C=O) groups excluding carboxylic acids is 1. The third kappa shape index (κ3) is 0.932. The number of Topliss-reactive ketones (excluding diaryl/α,β-unsaturated/α-hetero) is 1. The van der Waals surface area contributed by atoms with Gasteiger partial charge in [-0.1, -0.05) is 6.08 Å². The predicted octanol–water partition coefficient (Wildman–Crippen LogP) is 1.31. The first-order valence-corrected chi connectivity index (χ1v) is 4.14. The van der Waals surface area contributed by atoms with Gasteiger partial charge in [0.25, 0.3) is 0 Å². The Bertz CT molecular complexity index is 218. The van der Waals surface area contributed by atoms with E-state index in [2.05, 4.69) is 0 Å². The smallest absolute Gasteiger partial charge is 0.161 e.